The molecule has 2 atom stereocenters. The summed E-state index contributed by atoms with van der Waals surface area (Å²) < 4.78 is 0. The van der Waals surface area contributed by atoms with Gasteiger partial charge in [-0.1, -0.05) is 54.6 Å². The van der Waals surface area contributed by atoms with E-state index in [2.05, 4.69) is 39.9 Å². The smallest absolute Gasteiger partial charge is 0.173 e. The molecule has 5 rings (SSSR count). The number of benzene rings is 1. The second-order valence-electron chi connectivity index (χ2n) is 6.66. The third kappa shape index (κ3) is 3.75. The Labute approximate surface area is 175 Å². The lowest BCUT2D eigenvalue weighted by Crippen LogP contribution is -2.36. The van der Waals surface area contributed by atoms with Gasteiger partial charge in [-0.3, -0.25) is 4.99 Å². The van der Waals surface area contributed by atoms with Crippen LogP contribution in [0, 0.1) is 0 Å². The second-order valence-corrected chi connectivity index (χ2v) is 8.46. The third-order valence-electron chi connectivity index (χ3n) is 5.09. The highest BCUT2D eigenvalue weighted by Gasteiger charge is 2.32. The summed E-state index contributed by atoms with van der Waals surface area (Å²) in [6, 6.07) is 9.55. The largest absolute Gasteiger partial charge is 0.360 e. The second kappa shape index (κ2) is 8.46. The van der Waals surface area contributed by atoms with Crippen LogP contribution in [0.3, 0.4) is 0 Å². The molecule has 1 saturated carbocycles. The number of fused-ring (bicyclic) bond motifs is 3. The van der Waals surface area contributed by atoms with Gasteiger partial charge in [0.05, 0.1) is 24.3 Å². The molecule has 0 radical (unpaired) electrons. The molecule has 0 amide bonds. The Kier molecular flexibility index (Phi) is 6.49. The van der Waals surface area contributed by atoms with Crippen molar-refractivity contribution in [3.63, 3.8) is 0 Å². The van der Waals surface area contributed by atoms with Crippen LogP contribution in [0.5, 0.6) is 0 Å². The van der Waals surface area contributed by atoms with Gasteiger partial charge in [0.1, 0.15) is 0 Å². The molecule has 3 heterocycles. The molecule has 26 heavy (non-hydrogen) atoms. The fraction of sp³-hybridized carbons (Fsp3) is 0.444. The summed E-state index contributed by atoms with van der Waals surface area (Å²) in [7, 11) is 0. The van der Waals surface area contributed by atoms with Gasteiger partial charge in [0.25, 0.3) is 0 Å². The maximum Gasteiger partial charge on any atom is 0.173 e. The summed E-state index contributed by atoms with van der Waals surface area (Å²) in [5, 5.41) is 8.13. The van der Waals surface area contributed by atoms with Crippen LogP contribution in [-0.2, 0) is 6.54 Å². The third-order valence-corrected chi connectivity index (χ3v) is 6.94. The Bertz CT molecular complexity index is 765. The first-order chi connectivity index (χ1) is 11.9. The van der Waals surface area contributed by atoms with E-state index in [9.17, 15) is 0 Å². The quantitative estimate of drug-likeness (QED) is 0.724. The first kappa shape index (κ1) is 19.9. The molecule has 0 unspecified atom stereocenters. The van der Waals surface area contributed by atoms with E-state index in [-0.39, 0.29) is 24.8 Å². The van der Waals surface area contributed by atoms with E-state index in [0.29, 0.717) is 12.1 Å². The summed E-state index contributed by atoms with van der Waals surface area (Å²) in [4.78, 5) is 12.0. The number of aliphatic imine (C=N–C) groups is 2. The number of nitrogens with zero attached hydrogens (tertiary/aromatic N) is 3. The van der Waals surface area contributed by atoms with Crippen LogP contribution in [0.1, 0.15) is 31.2 Å². The van der Waals surface area contributed by atoms with Gasteiger partial charge in [-0.25, -0.2) is 4.99 Å². The topological polar surface area (TPSA) is 40.0 Å². The lowest BCUT2D eigenvalue weighted by Gasteiger charge is -2.26. The summed E-state index contributed by atoms with van der Waals surface area (Å²) in [6.07, 6.45) is 5.20. The predicted molar refractivity (Wildman–Crippen MR) is 118 cm³/mol. The van der Waals surface area contributed by atoms with Gasteiger partial charge in [-0.05, 0) is 29.9 Å². The lowest BCUT2D eigenvalue weighted by atomic mass is 9.92. The monoisotopic (exact) mass is 428 g/mol. The molecule has 1 N–H and O–H groups in total. The van der Waals surface area contributed by atoms with E-state index >= 15 is 0 Å². The zero-order valence-electron chi connectivity index (χ0n) is 14.3. The first-order valence-corrected chi connectivity index (χ1v) is 10.5. The predicted octanol–water partition coefficient (Wildman–Crippen LogP) is 4.93. The molecule has 4 nitrogen and oxygen atoms in total. The Balaban J connectivity index is 0.000000980. The number of thioether (sulfide) groups is 2. The maximum atomic E-state index is 4.90. The molecule has 1 aliphatic carbocycles. The number of nitrogens with one attached hydrogen (secondary N) is 1. The molecule has 0 bridgehead atoms. The van der Waals surface area contributed by atoms with Crippen molar-refractivity contribution in [1.29, 1.82) is 0 Å². The Morgan fingerprint density at radius 2 is 2.04 bits per heavy atom. The van der Waals surface area contributed by atoms with E-state index in [4.69, 9.17) is 9.98 Å². The fourth-order valence-corrected chi connectivity index (χ4v) is 5.75. The molecule has 8 heteroatoms. The summed E-state index contributed by atoms with van der Waals surface area (Å²) in [5.41, 5.74) is 3.77. The van der Waals surface area contributed by atoms with Crippen molar-refractivity contribution in [2.24, 2.45) is 9.98 Å². The molecule has 0 aromatic heterocycles. The summed E-state index contributed by atoms with van der Waals surface area (Å²) in [6.45, 7) is 0.930. The van der Waals surface area contributed by atoms with Crippen molar-refractivity contribution >= 4 is 64.4 Å². The average molecular weight is 429 g/mol. The molecule has 1 fully saturated rings. The van der Waals surface area contributed by atoms with Crippen LogP contribution < -0.4 is 5.32 Å². The van der Waals surface area contributed by atoms with Crippen molar-refractivity contribution in [2.45, 2.75) is 44.3 Å². The molecular formula is C18H22Cl2N4S2. The SMILES string of the molecule is C1=C(CSC2=N[C@@H]3CCCC[C@H]3N2)N2Cc3ccccc3N=C2S1.Cl.Cl. The van der Waals surface area contributed by atoms with Crippen molar-refractivity contribution in [2.75, 3.05) is 5.75 Å². The number of para-hydroxylation sites is 1. The number of hydrogen-bond donors (Lipinski definition) is 1. The zero-order valence-corrected chi connectivity index (χ0v) is 17.5. The van der Waals surface area contributed by atoms with Crippen LogP contribution in [-0.4, -0.2) is 33.1 Å². The minimum absolute atomic E-state index is 0. The average Bonchev–Trinajstić information content (AvgIpc) is 3.21. The molecule has 1 aromatic carbocycles. The highest BCUT2D eigenvalue weighted by molar-refractivity contribution is 8.17. The minimum atomic E-state index is 0. The van der Waals surface area contributed by atoms with Crippen LogP contribution in [0.4, 0.5) is 5.69 Å². The van der Waals surface area contributed by atoms with Gasteiger partial charge in [-0.15, -0.1) is 24.8 Å². The van der Waals surface area contributed by atoms with Crippen LogP contribution in [0.2, 0.25) is 0 Å². The van der Waals surface area contributed by atoms with Crippen molar-refractivity contribution in [3.8, 4) is 0 Å². The molecular weight excluding hydrogens is 407 g/mol. The van der Waals surface area contributed by atoms with E-state index in [1.165, 1.54) is 36.9 Å². The van der Waals surface area contributed by atoms with Crippen LogP contribution >= 0.6 is 48.3 Å². The van der Waals surface area contributed by atoms with Gasteiger partial charge < -0.3 is 10.2 Å². The fourth-order valence-electron chi connectivity index (χ4n) is 3.77. The maximum absolute atomic E-state index is 4.90. The Hall–Kier alpha value is -0.820. The Morgan fingerprint density at radius 1 is 1.19 bits per heavy atom. The minimum Gasteiger partial charge on any atom is -0.360 e. The zero-order chi connectivity index (χ0) is 15.9. The first-order valence-electron chi connectivity index (χ1n) is 8.64. The Morgan fingerprint density at radius 3 is 2.92 bits per heavy atom. The lowest BCUT2D eigenvalue weighted by molar-refractivity contribution is 0.385. The number of halogens is 2. The molecule has 4 aliphatic rings. The number of hydrogen-bond acceptors (Lipinski definition) is 6. The molecule has 3 aliphatic heterocycles. The van der Waals surface area contributed by atoms with E-state index in [1.807, 2.05) is 11.8 Å². The van der Waals surface area contributed by atoms with Gasteiger partial charge in [0, 0.05) is 11.4 Å². The standard InChI is InChI=1S/C18H20N4S2.2ClH/c1-2-6-14-12(5-1)9-22-13(11-24-18(22)21-14)10-23-17-19-15-7-3-4-8-16(15)20-17;;/h1-2,5-6,11,15-16H,3-4,7-10H2,(H,19,20);2*1H/t15-,16-;;/m1../s1. The number of amidine groups is 2. The van der Waals surface area contributed by atoms with Gasteiger partial charge in [0.15, 0.2) is 10.3 Å². The van der Waals surface area contributed by atoms with E-state index < -0.39 is 0 Å². The normalized spacial score (nSPS) is 25.4. The molecule has 0 saturated heterocycles. The highest BCUT2D eigenvalue weighted by atomic mass is 35.5. The van der Waals surface area contributed by atoms with Crippen LogP contribution in [0.25, 0.3) is 0 Å². The van der Waals surface area contributed by atoms with Crippen molar-refractivity contribution in [3.05, 3.63) is 40.9 Å². The number of rotatable bonds is 2. The van der Waals surface area contributed by atoms with Crippen molar-refractivity contribution in [1.82, 2.24) is 10.2 Å². The summed E-state index contributed by atoms with van der Waals surface area (Å²) >= 11 is 3.59. The van der Waals surface area contributed by atoms with Gasteiger partial charge in [0.2, 0.25) is 0 Å². The molecule has 140 valence electrons. The van der Waals surface area contributed by atoms with E-state index in [1.54, 1.807) is 11.8 Å². The van der Waals surface area contributed by atoms with E-state index in [0.717, 1.165) is 28.3 Å². The van der Waals surface area contributed by atoms with Gasteiger partial charge in [-0.2, -0.15) is 0 Å². The molecule has 0 spiro atoms. The van der Waals surface area contributed by atoms with Crippen molar-refractivity contribution < 1.29 is 0 Å². The molecule has 1 aromatic rings. The van der Waals surface area contributed by atoms with Crippen LogP contribution in [0.15, 0.2) is 45.4 Å². The van der Waals surface area contributed by atoms with Gasteiger partial charge >= 0.3 is 0 Å². The summed E-state index contributed by atoms with van der Waals surface area (Å²) in [5.74, 6) is 0.958. The highest BCUT2D eigenvalue weighted by Crippen LogP contribution is 2.38.